The number of rotatable bonds is 4. The Balaban J connectivity index is 1.84. The number of aromatic nitrogens is 2. The summed E-state index contributed by atoms with van der Waals surface area (Å²) >= 11 is 2.22. The number of fused-ring (bicyclic) bond motifs is 1. The predicted octanol–water partition coefficient (Wildman–Crippen LogP) is 4.47. The quantitative estimate of drug-likeness (QED) is 0.345. The Bertz CT molecular complexity index is 951. The maximum atomic E-state index is 11.7. The molecule has 1 N–H and O–H groups in total. The van der Waals surface area contributed by atoms with Crippen molar-refractivity contribution in [1.29, 1.82) is 0 Å². The number of piperidine rings is 1. The summed E-state index contributed by atoms with van der Waals surface area (Å²) in [6.07, 6.45) is 3.37. The molecule has 0 radical (unpaired) electrons. The van der Waals surface area contributed by atoms with Crippen LogP contribution in [-0.2, 0) is 0 Å². The standard InChI is InChI=1S/C17H16IN5O3/c18-11-4-6-12(7-5-11)19-13-10-14(22-8-2-1-3-9-22)15-16(21-26-20-15)17(13)23(24)25/h4-7,10,19H,1-3,8-9H2. The molecule has 0 spiro atoms. The van der Waals surface area contributed by atoms with Gasteiger partial charge in [-0.3, -0.25) is 10.1 Å². The number of nitro benzene ring substituents is 1. The van der Waals surface area contributed by atoms with Crippen molar-refractivity contribution in [3.8, 4) is 0 Å². The van der Waals surface area contributed by atoms with Crippen molar-refractivity contribution < 1.29 is 9.55 Å². The van der Waals surface area contributed by atoms with E-state index in [9.17, 15) is 10.1 Å². The first-order valence-electron chi connectivity index (χ1n) is 8.34. The first-order valence-corrected chi connectivity index (χ1v) is 9.42. The van der Waals surface area contributed by atoms with E-state index in [0.717, 1.165) is 40.9 Å². The molecule has 1 aromatic heterocycles. The normalized spacial score (nSPS) is 14.6. The maximum Gasteiger partial charge on any atom is 0.324 e. The van der Waals surface area contributed by atoms with Crippen molar-refractivity contribution in [2.75, 3.05) is 23.3 Å². The second kappa shape index (κ2) is 7.06. The molecule has 0 unspecified atom stereocenters. The Kier molecular flexibility index (Phi) is 4.62. The van der Waals surface area contributed by atoms with Crippen LogP contribution in [-0.4, -0.2) is 28.3 Å². The molecular formula is C17H16IN5O3. The number of nitrogens with zero attached hydrogens (tertiary/aromatic N) is 4. The van der Waals surface area contributed by atoms with Gasteiger partial charge in [-0.15, -0.1) is 0 Å². The second-order valence-corrected chi connectivity index (χ2v) is 7.44. The molecule has 26 heavy (non-hydrogen) atoms. The molecule has 4 rings (SSSR count). The number of anilines is 3. The Morgan fingerprint density at radius 3 is 2.50 bits per heavy atom. The van der Waals surface area contributed by atoms with Gasteiger partial charge in [0.2, 0.25) is 5.52 Å². The van der Waals surface area contributed by atoms with Crippen LogP contribution >= 0.6 is 22.6 Å². The van der Waals surface area contributed by atoms with Gasteiger partial charge in [-0.1, -0.05) is 0 Å². The largest absolute Gasteiger partial charge is 0.370 e. The molecule has 1 saturated heterocycles. The smallest absolute Gasteiger partial charge is 0.324 e. The van der Waals surface area contributed by atoms with Gasteiger partial charge >= 0.3 is 5.69 Å². The van der Waals surface area contributed by atoms with Crippen LogP contribution in [0.3, 0.4) is 0 Å². The van der Waals surface area contributed by atoms with Gasteiger partial charge in [0.05, 0.1) is 10.6 Å². The molecule has 0 amide bonds. The number of nitrogens with one attached hydrogen (secondary N) is 1. The van der Waals surface area contributed by atoms with Gasteiger partial charge < -0.3 is 10.2 Å². The zero-order valence-electron chi connectivity index (χ0n) is 13.8. The zero-order chi connectivity index (χ0) is 18.1. The summed E-state index contributed by atoms with van der Waals surface area (Å²) in [5.41, 5.74) is 2.46. The Hall–Kier alpha value is -2.43. The molecule has 0 saturated carbocycles. The zero-order valence-corrected chi connectivity index (χ0v) is 16.0. The van der Waals surface area contributed by atoms with Gasteiger partial charge in [-0.2, -0.15) is 0 Å². The summed E-state index contributed by atoms with van der Waals surface area (Å²) in [6.45, 7) is 1.78. The lowest BCUT2D eigenvalue weighted by Crippen LogP contribution is -2.29. The number of hydrogen-bond acceptors (Lipinski definition) is 7. The molecule has 134 valence electrons. The Labute approximate surface area is 162 Å². The number of halogens is 1. The lowest BCUT2D eigenvalue weighted by Gasteiger charge is -2.29. The van der Waals surface area contributed by atoms with E-state index in [1.165, 1.54) is 6.42 Å². The predicted molar refractivity (Wildman–Crippen MR) is 107 cm³/mol. The van der Waals surface area contributed by atoms with Gasteiger partial charge in [0.1, 0.15) is 5.69 Å². The minimum absolute atomic E-state index is 0.124. The second-order valence-electron chi connectivity index (χ2n) is 6.19. The minimum atomic E-state index is -0.443. The molecule has 0 bridgehead atoms. The van der Waals surface area contributed by atoms with Gasteiger partial charge in [0, 0.05) is 22.3 Å². The summed E-state index contributed by atoms with van der Waals surface area (Å²) in [7, 11) is 0. The van der Waals surface area contributed by atoms with Crippen LogP contribution in [0.25, 0.3) is 11.0 Å². The summed E-state index contributed by atoms with van der Waals surface area (Å²) in [6, 6.07) is 9.44. The third-order valence-electron chi connectivity index (χ3n) is 4.49. The van der Waals surface area contributed by atoms with Crippen molar-refractivity contribution >= 4 is 56.4 Å². The maximum absolute atomic E-state index is 11.7. The van der Waals surface area contributed by atoms with Gasteiger partial charge in [-0.25, -0.2) is 4.63 Å². The number of hydrogen-bond donors (Lipinski definition) is 1. The number of nitro groups is 1. The number of benzene rings is 2. The summed E-state index contributed by atoms with van der Waals surface area (Å²) in [4.78, 5) is 13.5. The van der Waals surface area contributed by atoms with E-state index >= 15 is 0 Å². The van der Waals surface area contributed by atoms with Gasteiger partial charge in [0.25, 0.3) is 0 Å². The lowest BCUT2D eigenvalue weighted by atomic mass is 10.1. The van der Waals surface area contributed by atoms with Crippen LogP contribution < -0.4 is 10.2 Å². The monoisotopic (exact) mass is 465 g/mol. The molecular weight excluding hydrogens is 449 g/mol. The molecule has 1 aliphatic heterocycles. The van der Waals surface area contributed by atoms with Crippen molar-refractivity contribution in [1.82, 2.24) is 10.3 Å². The molecule has 1 aliphatic rings. The third-order valence-corrected chi connectivity index (χ3v) is 5.21. The van der Waals surface area contributed by atoms with Crippen molar-refractivity contribution in [2.24, 2.45) is 0 Å². The van der Waals surface area contributed by atoms with Gasteiger partial charge in [-0.05, 0) is 82.5 Å². The van der Waals surface area contributed by atoms with E-state index in [0.29, 0.717) is 11.2 Å². The molecule has 8 nitrogen and oxygen atoms in total. The van der Waals surface area contributed by atoms with Crippen LogP contribution in [0.1, 0.15) is 19.3 Å². The first-order chi connectivity index (χ1) is 12.6. The molecule has 9 heteroatoms. The molecule has 3 aromatic rings. The van der Waals surface area contributed by atoms with Crippen LogP contribution in [0, 0.1) is 13.7 Å². The summed E-state index contributed by atoms with van der Waals surface area (Å²) in [5.74, 6) is 0. The fourth-order valence-corrected chi connectivity index (χ4v) is 3.62. The van der Waals surface area contributed by atoms with Crippen LogP contribution in [0.2, 0.25) is 0 Å². The minimum Gasteiger partial charge on any atom is -0.370 e. The van der Waals surface area contributed by atoms with Crippen molar-refractivity contribution in [2.45, 2.75) is 19.3 Å². The van der Waals surface area contributed by atoms with E-state index in [2.05, 4.69) is 43.1 Å². The fourth-order valence-electron chi connectivity index (χ4n) is 3.26. The van der Waals surface area contributed by atoms with Crippen LogP contribution in [0.5, 0.6) is 0 Å². The highest BCUT2D eigenvalue weighted by molar-refractivity contribution is 14.1. The van der Waals surface area contributed by atoms with Crippen molar-refractivity contribution in [3.63, 3.8) is 0 Å². The highest BCUT2D eigenvalue weighted by Gasteiger charge is 2.28. The highest BCUT2D eigenvalue weighted by Crippen LogP contribution is 2.40. The van der Waals surface area contributed by atoms with Gasteiger partial charge in [0.15, 0.2) is 5.52 Å². The van der Waals surface area contributed by atoms with E-state index in [4.69, 9.17) is 4.63 Å². The lowest BCUT2D eigenvalue weighted by molar-refractivity contribution is -0.382. The summed E-state index contributed by atoms with van der Waals surface area (Å²) < 4.78 is 5.94. The Morgan fingerprint density at radius 1 is 1.12 bits per heavy atom. The molecule has 2 aromatic carbocycles. The average Bonchev–Trinajstić information content (AvgIpc) is 3.12. The molecule has 0 aliphatic carbocycles. The topological polar surface area (TPSA) is 97.3 Å². The van der Waals surface area contributed by atoms with E-state index in [1.54, 1.807) is 6.07 Å². The molecule has 1 fully saturated rings. The molecule has 0 atom stereocenters. The van der Waals surface area contributed by atoms with Crippen LogP contribution in [0.4, 0.5) is 22.7 Å². The van der Waals surface area contributed by atoms with E-state index in [-0.39, 0.29) is 11.2 Å². The highest BCUT2D eigenvalue weighted by atomic mass is 127. The average molecular weight is 465 g/mol. The Morgan fingerprint density at radius 2 is 1.81 bits per heavy atom. The third kappa shape index (κ3) is 3.18. The fraction of sp³-hybridized carbons (Fsp3) is 0.294. The summed E-state index contributed by atoms with van der Waals surface area (Å²) in [5, 5.41) is 22.6. The molecule has 2 heterocycles. The van der Waals surface area contributed by atoms with Crippen molar-refractivity contribution in [3.05, 3.63) is 44.0 Å². The van der Waals surface area contributed by atoms with E-state index < -0.39 is 4.92 Å². The van der Waals surface area contributed by atoms with E-state index in [1.807, 2.05) is 24.3 Å². The van der Waals surface area contributed by atoms with Crippen LogP contribution in [0.15, 0.2) is 35.0 Å². The SMILES string of the molecule is O=[N+]([O-])c1c(Nc2ccc(I)cc2)cc(N2CCCCC2)c2nonc12. The first kappa shape index (κ1) is 17.0.